The zero-order chi connectivity index (χ0) is 18.9. The van der Waals surface area contributed by atoms with Gasteiger partial charge in [0.2, 0.25) is 0 Å². The average molecular weight is 361 g/mol. The summed E-state index contributed by atoms with van der Waals surface area (Å²) in [6.45, 7) is 5.30. The minimum Gasteiger partial charge on any atom is -0.435 e. The van der Waals surface area contributed by atoms with Crippen molar-refractivity contribution >= 4 is 11.5 Å². The molecule has 0 spiro atoms. The molecule has 26 heavy (non-hydrogen) atoms. The standard InChI is InChI=1S/C18H21F2N5O/c1-11(12-5-7-13(8-6-12)26-17(19)20)21-14-9-10-15-22-23-16(18(2,3)4)25(15)24-14/h5-11,17H,1-4H3,(H,21,24). The number of nitrogens with zero attached hydrogens (tertiary/aromatic N) is 4. The Kier molecular flexibility index (Phi) is 4.76. The molecule has 2 heterocycles. The van der Waals surface area contributed by atoms with E-state index in [4.69, 9.17) is 0 Å². The number of hydrogen-bond acceptors (Lipinski definition) is 5. The molecule has 0 radical (unpaired) electrons. The Morgan fingerprint density at radius 3 is 2.35 bits per heavy atom. The Morgan fingerprint density at radius 1 is 1.04 bits per heavy atom. The van der Waals surface area contributed by atoms with E-state index in [1.54, 1.807) is 16.6 Å². The van der Waals surface area contributed by atoms with Gasteiger partial charge in [0.25, 0.3) is 0 Å². The minimum absolute atomic E-state index is 0.0740. The van der Waals surface area contributed by atoms with Crippen molar-refractivity contribution in [2.24, 2.45) is 0 Å². The van der Waals surface area contributed by atoms with Crippen LogP contribution >= 0.6 is 0 Å². The van der Waals surface area contributed by atoms with Crippen LogP contribution in [0.3, 0.4) is 0 Å². The maximum atomic E-state index is 12.2. The van der Waals surface area contributed by atoms with Gasteiger partial charge in [-0.05, 0) is 36.8 Å². The Balaban J connectivity index is 1.79. The number of aromatic nitrogens is 4. The average Bonchev–Trinajstić information content (AvgIpc) is 2.98. The molecule has 1 N–H and O–H groups in total. The van der Waals surface area contributed by atoms with Crippen LogP contribution in [-0.4, -0.2) is 26.4 Å². The predicted molar refractivity (Wildman–Crippen MR) is 94.6 cm³/mol. The molecule has 0 bridgehead atoms. The van der Waals surface area contributed by atoms with Crippen LogP contribution in [0, 0.1) is 0 Å². The zero-order valence-corrected chi connectivity index (χ0v) is 15.1. The number of nitrogens with one attached hydrogen (secondary N) is 1. The van der Waals surface area contributed by atoms with Crippen molar-refractivity contribution in [1.82, 2.24) is 19.8 Å². The topological polar surface area (TPSA) is 64.3 Å². The van der Waals surface area contributed by atoms with E-state index < -0.39 is 6.61 Å². The molecule has 0 aliphatic rings. The van der Waals surface area contributed by atoms with Crippen LogP contribution in [0.5, 0.6) is 5.75 Å². The number of rotatable bonds is 5. The Labute approximate surface area is 150 Å². The Bertz CT molecular complexity index is 887. The molecule has 0 saturated heterocycles. The van der Waals surface area contributed by atoms with E-state index in [1.807, 2.05) is 19.1 Å². The van der Waals surface area contributed by atoms with Gasteiger partial charge in [0.15, 0.2) is 11.5 Å². The summed E-state index contributed by atoms with van der Waals surface area (Å²) in [5, 5.41) is 16.3. The van der Waals surface area contributed by atoms with Gasteiger partial charge in [-0.25, -0.2) is 0 Å². The summed E-state index contributed by atoms with van der Waals surface area (Å²) in [6.07, 6.45) is 0. The van der Waals surface area contributed by atoms with Gasteiger partial charge in [-0.2, -0.15) is 13.3 Å². The normalized spacial score (nSPS) is 13.2. The number of anilines is 1. The molecule has 138 valence electrons. The van der Waals surface area contributed by atoms with Gasteiger partial charge in [0.1, 0.15) is 11.6 Å². The molecule has 1 aromatic carbocycles. The van der Waals surface area contributed by atoms with Crippen LogP contribution in [0.15, 0.2) is 36.4 Å². The van der Waals surface area contributed by atoms with Crippen molar-refractivity contribution in [1.29, 1.82) is 0 Å². The fourth-order valence-corrected chi connectivity index (χ4v) is 2.58. The fraction of sp³-hybridized carbons (Fsp3) is 0.389. The number of benzene rings is 1. The van der Waals surface area contributed by atoms with Gasteiger partial charge < -0.3 is 10.1 Å². The summed E-state index contributed by atoms with van der Waals surface area (Å²) < 4.78 is 30.6. The molecule has 1 atom stereocenters. The van der Waals surface area contributed by atoms with Gasteiger partial charge in [0.05, 0.1) is 6.04 Å². The smallest absolute Gasteiger partial charge is 0.387 e. The lowest BCUT2D eigenvalue weighted by Gasteiger charge is -2.17. The molecule has 0 amide bonds. The molecule has 6 nitrogen and oxygen atoms in total. The van der Waals surface area contributed by atoms with Crippen LogP contribution < -0.4 is 10.1 Å². The second-order valence-corrected chi connectivity index (χ2v) is 7.08. The van der Waals surface area contributed by atoms with E-state index in [1.165, 1.54) is 12.1 Å². The highest BCUT2D eigenvalue weighted by atomic mass is 19.3. The lowest BCUT2D eigenvalue weighted by molar-refractivity contribution is -0.0498. The third-order valence-corrected chi connectivity index (χ3v) is 3.90. The molecule has 3 aromatic rings. The first-order valence-corrected chi connectivity index (χ1v) is 8.28. The predicted octanol–water partition coefficient (Wildman–Crippen LogP) is 4.20. The molecular formula is C18H21F2N5O. The number of halogens is 2. The van der Waals surface area contributed by atoms with E-state index >= 15 is 0 Å². The van der Waals surface area contributed by atoms with Crippen molar-refractivity contribution in [3.8, 4) is 5.75 Å². The Hall–Kier alpha value is -2.77. The van der Waals surface area contributed by atoms with Crippen molar-refractivity contribution in [3.63, 3.8) is 0 Å². The summed E-state index contributed by atoms with van der Waals surface area (Å²) in [5.41, 5.74) is 1.42. The molecule has 1 unspecified atom stereocenters. The second kappa shape index (κ2) is 6.86. The summed E-state index contributed by atoms with van der Waals surface area (Å²) in [4.78, 5) is 0. The van der Waals surface area contributed by atoms with Gasteiger partial charge in [-0.1, -0.05) is 32.9 Å². The molecule has 0 aliphatic carbocycles. The summed E-state index contributed by atoms with van der Waals surface area (Å²) in [6, 6.07) is 10.1. The van der Waals surface area contributed by atoms with Crippen LogP contribution in [0.4, 0.5) is 14.6 Å². The first kappa shape index (κ1) is 18.0. The van der Waals surface area contributed by atoms with Crippen LogP contribution in [0.2, 0.25) is 0 Å². The summed E-state index contributed by atoms with van der Waals surface area (Å²) in [7, 11) is 0. The second-order valence-electron chi connectivity index (χ2n) is 7.08. The lowest BCUT2D eigenvalue weighted by Crippen LogP contribution is -2.18. The van der Waals surface area contributed by atoms with Gasteiger partial charge in [0, 0.05) is 5.41 Å². The van der Waals surface area contributed by atoms with Crippen molar-refractivity contribution < 1.29 is 13.5 Å². The maximum absolute atomic E-state index is 12.2. The van der Waals surface area contributed by atoms with E-state index in [-0.39, 0.29) is 17.2 Å². The zero-order valence-electron chi connectivity index (χ0n) is 15.1. The number of ether oxygens (including phenoxy) is 1. The van der Waals surface area contributed by atoms with Gasteiger partial charge in [-0.3, -0.25) is 0 Å². The van der Waals surface area contributed by atoms with Gasteiger partial charge in [-0.15, -0.1) is 15.3 Å². The molecule has 0 saturated carbocycles. The van der Waals surface area contributed by atoms with Crippen molar-refractivity contribution in [2.75, 3.05) is 5.32 Å². The van der Waals surface area contributed by atoms with Crippen molar-refractivity contribution in [3.05, 3.63) is 47.8 Å². The van der Waals surface area contributed by atoms with E-state index in [9.17, 15) is 8.78 Å². The highest BCUT2D eigenvalue weighted by Crippen LogP contribution is 2.24. The third kappa shape index (κ3) is 3.89. The van der Waals surface area contributed by atoms with Crippen LogP contribution in [-0.2, 0) is 5.41 Å². The largest absolute Gasteiger partial charge is 0.435 e. The summed E-state index contributed by atoms with van der Waals surface area (Å²) >= 11 is 0. The molecule has 0 aliphatic heterocycles. The minimum atomic E-state index is -2.83. The quantitative estimate of drug-likeness (QED) is 0.738. The lowest BCUT2D eigenvalue weighted by atomic mass is 9.96. The number of fused-ring (bicyclic) bond motifs is 1. The Morgan fingerprint density at radius 2 is 1.73 bits per heavy atom. The first-order chi connectivity index (χ1) is 12.2. The van der Waals surface area contributed by atoms with Crippen LogP contribution in [0.25, 0.3) is 5.65 Å². The van der Waals surface area contributed by atoms with Crippen molar-refractivity contribution in [2.45, 2.75) is 45.8 Å². The van der Waals surface area contributed by atoms with E-state index in [0.29, 0.717) is 11.5 Å². The molecule has 8 heteroatoms. The SMILES string of the molecule is CC(Nc1ccc2nnc(C(C)(C)C)n2n1)c1ccc(OC(F)F)cc1. The summed E-state index contributed by atoms with van der Waals surface area (Å²) in [5.74, 6) is 1.58. The molecular weight excluding hydrogens is 340 g/mol. The highest BCUT2D eigenvalue weighted by molar-refractivity contribution is 5.46. The molecule has 0 fully saturated rings. The van der Waals surface area contributed by atoms with Crippen LogP contribution in [0.1, 0.15) is 45.1 Å². The van der Waals surface area contributed by atoms with E-state index in [2.05, 4.69) is 46.1 Å². The highest BCUT2D eigenvalue weighted by Gasteiger charge is 2.22. The number of hydrogen-bond donors (Lipinski definition) is 1. The molecule has 2 aromatic heterocycles. The third-order valence-electron chi connectivity index (χ3n) is 3.90. The maximum Gasteiger partial charge on any atom is 0.387 e. The monoisotopic (exact) mass is 361 g/mol. The first-order valence-electron chi connectivity index (χ1n) is 8.28. The molecule has 3 rings (SSSR count). The fourth-order valence-electron chi connectivity index (χ4n) is 2.58. The van der Waals surface area contributed by atoms with E-state index in [0.717, 1.165) is 11.4 Å². The number of alkyl halides is 2. The van der Waals surface area contributed by atoms with Gasteiger partial charge >= 0.3 is 6.61 Å².